The van der Waals surface area contributed by atoms with Gasteiger partial charge in [0.05, 0.1) is 13.0 Å². The summed E-state index contributed by atoms with van der Waals surface area (Å²) in [7, 11) is 0. The van der Waals surface area contributed by atoms with Crippen LogP contribution in [0.3, 0.4) is 0 Å². The number of benzene rings is 1. The largest absolute Gasteiger partial charge is 0.493 e. The van der Waals surface area contributed by atoms with E-state index in [1.165, 1.54) is 0 Å². The van der Waals surface area contributed by atoms with Crippen molar-refractivity contribution in [1.82, 2.24) is 0 Å². The molecule has 1 aromatic rings. The standard InChI is InChI=1S/C12H13IO3/c13-9-2-1-3-10(6-9)16-8-12(4-5-12)7-11(14)15/h1-3,6H,4-5,7-8H2,(H,14,15). The molecular weight excluding hydrogens is 319 g/mol. The molecule has 3 nitrogen and oxygen atoms in total. The number of hydrogen-bond donors (Lipinski definition) is 1. The zero-order valence-corrected chi connectivity index (χ0v) is 10.9. The fraction of sp³-hybridized carbons (Fsp3) is 0.417. The molecule has 0 amide bonds. The van der Waals surface area contributed by atoms with Crippen LogP contribution in [0.15, 0.2) is 24.3 Å². The molecule has 1 saturated carbocycles. The summed E-state index contributed by atoms with van der Waals surface area (Å²) in [6, 6.07) is 7.79. The van der Waals surface area contributed by atoms with Gasteiger partial charge >= 0.3 is 5.97 Å². The maximum absolute atomic E-state index is 10.7. The molecule has 1 aliphatic carbocycles. The van der Waals surface area contributed by atoms with Crippen molar-refractivity contribution >= 4 is 28.6 Å². The Bertz CT molecular complexity index is 399. The normalized spacial score (nSPS) is 16.8. The lowest BCUT2D eigenvalue weighted by atomic mass is 10.0. The lowest BCUT2D eigenvalue weighted by Crippen LogP contribution is -2.17. The molecule has 0 spiro atoms. The molecule has 2 rings (SSSR count). The van der Waals surface area contributed by atoms with Crippen molar-refractivity contribution in [3.05, 3.63) is 27.8 Å². The van der Waals surface area contributed by atoms with E-state index in [4.69, 9.17) is 9.84 Å². The zero-order valence-electron chi connectivity index (χ0n) is 8.78. The van der Waals surface area contributed by atoms with E-state index >= 15 is 0 Å². The molecule has 86 valence electrons. The minimum Gasteiger partial charge on any atom is -0.493 e. The number of rotatable bonds is 5. The van der Waals surface area contributed by atoms with Gasteiger partial charge in [-0.3, -0.25) is 4.79 Å². The van der Waals surface area contributed by atoms with Crippen molar-refractivity contribution in [3.63, 3.8) is 0 Å². The van der Waals surface area contributed by atoms with Crippen molar-refractivity contribution in [2.24, 2.45) is 5.41 Å². The molecule has 1 aliphatic rings. The summed E-state index contributed by atoms with van der Waals surface area (Å²) in [5.74, 6) is 0.0901. The van der Waals surface area contributed by atoms with Gasteiger partial charge < -0.3 is 9.84 Å². The number of hydrogen-bond acceptors (Lipinski definition) is 2. The second-order valence-corrected chi connectivity index (χ2v) is 5.56. The van der Waals surface area contributed by atoms with Gasteiger partial charge in [-0.05, 0) is 53.6 Å². The molecule has 0 atom stereocenters. The van der Waals surface area contributed by atoms with Crippen LogP contribution in [-0.2, 0) is 4.79 Å². The highest BCUT2D eigenvalue weighted by atomic mass is 127. The highest BCUT2D eigenvalue weighted by molar-refractivity contribution is 14.1. The Kier molecular flexibility index (Phi) is 3.37. The summed E-state index contributed by atoms with van der Waals surface area (Å²) < 4.78 is 6.77. The van der Waals surface area contributed by atoms with Crippen LogP contribution < -0.4 is 4.74 Å². The first-order valence-corrected chi connectivity index (χ1v) is 6.28. The number of carboxylic acids is 1. The number of carboxylic acid groups (broad SMARTS) is 1. The molecule has 0 saturated heterocycles. The van der Waals surface area contributed by atoms with E-state index in [1.54, 1.807) is 0 Å². The van der Waals surface area contributed by atoms with Gasteiger partial charge in [-0.2, -0.15) is 0 Å². The van der Waals surface area contributed by atoms with Gasteiger partial charge in [0.15, 0.2) is 0 Å². The second-order valence-electron chi connectivity index (χ2n) is 4.32. The molecule has 4 heteroatoms. The number of aliphatic carboxylic acids is 1. The van der Waals surface area contributed by atoms with Crippen LogP contribution in [0.5, 0.6) is 5.75 Å². The highest BCUT2D eigenvalue weighted by Gasteiger charge is 2.45. The van der Waals surface area contributed by atoms with Gasteiger partial charge in [0.2, 0.25) is 0 Å². The Balaban J connectivity index is 1.90. The van der Waals surface area contributed by atoms with Gasteiger partial charge in [0, 0.05) is 8.99 Å². The van der Waals surface area contributed by atoms with Gasteiger partial charge in [-0.1, -0.05) is 6.07 Å². The van der Waals surface area contributed by atoms with Crippen LogP contribution in [-0.4, -0.2) is 17.7 Å². The summed E-state index contributed by atoms with van der Waals surface area (Å²) in [6.07, 6.45) is 2.14. The third kappa shape index (κ3) is 3.10. The monoisotopic (exact) mass is 332 g/mol. The Morgan fingerprint density at radius 3 is 2.81 bits per heavy atom. The summed E-state index contributed by atoms with van der Waals surface area (Å²) in [5.41, 5.74) is -0.104. The molecule has 16 heavy (non-hydrogen) atoms. The van der Waals surface area contributed by atoms with Crippen LogP contribution in [0.25, 0.3) is 0 Å². The predicted molar refractivity (Wildman–Crippen MR) is 68.6 cm³/mol. The minimum absolute atomic E-state index is 0.104. The fourth-order valence-corrected chi connectivity index (χ4v) is 2.18. The van der Waals surface area contributed by atoms with Gasteiger partial charge in [-0.25, -0.2) is 0 Å². The van der Waals surface area contributed by atoms with E-state index in [0.29, 0.717) is 6.61 Å². The molecular formula is C12H13IO3. The molecule has 0 bridgehead atoms. The van der Waals surface area contributed by atoms with Gasteiger partial charge in [-0.15, -0.1) is 0 Å². The third-order valence-electron chi connectivity index (χ3n) is 2.82. The fourth-order valence-electron chi connectivity index (χ4n) is 1.66. The van der Waals surface area contributed by atoms with Crippen molar-refractivity contribution in [3.8, 4) is 5.75 Å². The molecule has 1 aromatic carbocycles. The Morgan fingerprint density at radius 1 is 1.50 bits per heavy atom. The van der Waals surface area contributed by atoms with Crippen molar-refractivity contribution < 1.29 is 14.6 Å². The zero-order chi connectivity index (χ0) is 11.6. The lowest BCUT2D eigenvalue weighted by molar-refractivity contribution is -0.138. The van der Waals surface area contributed by atoms with Crippen molar-refractivity contribution in [1.29, 1.82) is 0 Å². The SMILES string of the molecule is O=C(O)CC1(COc2cccc(I)c2)CC1. The number of ether oxygens (including phenoxy) is 1. The quantitative estimate of drug-likeness (QED) is 0.844. The Labute approximate surface area is 108 Å². The lowest BCUT2D eigenvalue weighted by Gasteiger charge is -2.14. The first kappa shape index (κ1) is 11.7. The average Bonchev–Trinajstić information content (AvgIpc) is 2.95. The van der Waals surface area contributed by atoms with E-state index in [9.17, 15) is 4.79 Å². The average molecular weight is 332 g/mol. The number of carbonyl (C=O) groups is 1. The predicted octanol–water partition coefficient (Wildman–Crippen LogP) is 2.92. The highest BCUT2D eigenvalue weighted by Crippen LogP contribution is 2.48. The maximum atomic E-state index is 10.7. The topological polar surface area (TPSA) is 46.5 Å². The molecule has 1 N–H and O–H groups in total. The van der Waals surface area contributed by atoms with E-state index in [-0.39, 0.29) is 11.8 Å². The summed E-state index contributed by atoms with van der Waals surface area (Å²) in [4.78, 5) is 10.7. The van der Waals surface area contributed by atoms with E-state index in [1.807, 2.05) is 24.3 Å². The molecule has 0 radical (unpaired) electrons. The van der Waals surface area contributed by atoms with Crippen molar-refractivity contribution in [2.45, 2.75) is 19.3 Å². The smallest absolute Gasteiger partial charge is 0.304 e. The minimum atomic E-state index is -0.733. The number of halogens is 1. The summed E-state index contributed by atoms with van der Waals surface area (Å²) in [5, 5.41) is 8.77. The van der Waals surface area contributed by atoms with E-state index in [2.05, 4.69) is 22.6 Å². The van der Waals surface area contributed by atoms with E-state index in [0.717, 1.165) is 22.2 Å². The van der Waals surface area contributed by atoms with Crippen LogP contribution in [0, 0.1) is 8.99 Å². The first-order valence-electron chi connectivity index (χ1n) is 5.20. The Morgan fingerprint density at radius 2 is 2.25 bits per heavy atom. The van der Waals surface area contributed by atoms with Crippen LogP contribution in [0.1, 0.15) is 19.3 Å². The maximum Gasteiger partial charge on any atom is 0.304 e. The first-order chi connectivity index (χ1) is 7.60. The molecule has 0 aromatic heterocycles. The summed E-state index contributed by atoms with van der Waals surface area (Å²) >= 11 is 2.23. The third-order valence-corrected chi connectivity index (χ3v) is 3.50. The Hall–Kier alpha value is -0.780. The molecule has 0 unspecified atom stereocenters. The van der Waals surface area contributed by atoms with Crippen LogP contribution in [0.4, 0.5) is 0 Å². The van der Waals surface area contributed by atoms with Crippen LogP contribution in [0.2, 0.25) is 0 Å². The van der Waals surface area contributed by atoms with E-state index < -0.39 is 5.97 Å². The summed E-state index contributed by atoms with van der Waals surface area (Å²) in [6.45, 7) is 0.513. The van der Waals surface area contributed by atoms with Gasteiger partial charge in [0.25, 0.3) is 0 Å². The van der Waals surface area contributed by atoms with Crippen molar-refractivity contribution in [2.75, 3.05) is 6.61 Å². The molecule has 0 aliphatic heterocycles. The molecule has 1 fully saturated rings. The second kappa shape index (κ2) is 4.61. The van der Waals surface area contributed by atoms with Crippen LogP contribution >= 0.6 is 22.6 Å². The molecule has 0 heterocycles. The van der Waals surface area contributed by atoms with Gasteiger partial charge in [0.1, 0.15) is 5.75 Å².